The van der Waals surface area contributed by atoms with Crippen LogP contribution in [0.5, 0.6) is 5.75 Å². The molecule has 3 amide bonds. The molecule has 0 aliphatic carbocycles. The minimum absolute atomic E-state index is 0.125. The fourth-order valence-electron chi connectivity index (χ4n) is 3.11. The highest BCUT2D eigenvalue weighted by molar-refractivity contribution is 5.98. The molecule has 0 bridgehead atoms. The maximum absolute atomic E-state index is 13.6. The van der Waals surface area contributed by atoms with Crippen molar-refractivity contribution >= 4 is 17.6 Å². The van der Waals surface area contributed by atoms with Crippen molar-refractivity contribution in [2.24, 2.45) is 0 Å². The van der Waals surface area contributed by atoms with Crippen LogP contribution in [0.15, 0.2) is 48.5 Å². The van der Waals surface area contributed by atoms with E-state index in [-0.39, 0.29) is 23.8 Å². The molecule has 0 radical (unpaired) electrons. The normalized spacial score (nSPS) is 17.0. The number of halogens is 1. The smallest absolute Gasteiger partial charge is 0.321 e. The van der Waals surface area contributed by atoms with Gasteiger partial charge in [-0.05, 0) is 30.3 Å². The quantitative estimate of drug-likeness (QED) is 0.915. The largest absolute Gasteiger partial charge is 0.484 e. The summed E-state index contributed by atoms with van der Waals surface area (Å²) in [6, 6.07) is 13.1. The number of hydrogen-bond donors (Lipinski definition) is 1. The Balaban J connectivity index is 1.39. The first kappa shape index (κ1) is 16.4. The van der Waals surface area contributed by atoms with Crippen LogP contribution in [0, 0.1) is 5.82 Å². The maximum atomic E-state index is 13.6. The highest BCUT2D eigenvalue weighted by Crippen LogP contribution is 2.24. The van der Waals surface area contributed by atoms with E-state index < -0.39 is 5.82 Å². The summed E-state index contributed by atoms with van der Waals surface area (Å²) < 4.78 is 19.2. The molecule has 0 unspecified atom stereocenters. The zero-order valence-corrected chi connectivity index (χ0v) is 14.0. The predicted octanol–water partition coefficient (Wildman–Crippen LogP) is 2.26. The van der Waals surface area contributed by atoms with Crippen LogP contribution >= 0.6 is 0 Å². The molecule has 26 heavy (non-hydrogen) atoms. The van der Waals surface area contributed by atoms with Gasteiger partial charge in [-0.1, -0.05) is 18.2 Å². The average molecular weight is 355 g/mol. The highest BCUT2D eigenvalue weighted by atomic mass is 19.1. The predicted molar refractivity (Wildman–Crippen MR) is 93.9 cm³/mol. The van der Waals surface area contributed by atoms with E-state index in [0.717, 1.165) is 0 Å². The van der Waals surface area contributed by atoms with E-state index in [9.17, 15) is 14.0 Å². The first-order valence-electron chi connectivity index (χ1n) is 8.48. The molecule has 4 rings (SSSR count). The second-order valence-corrected chi connectivity index (χ2v) is 6.31. The van der Waals surface area contributed by atoms with Gasteiger partial charge >= 0.3 is 6.03 Å². The van der Waals surface area contributed by atoms with Crippen LogP contribution in [-0.2, 0) is 0 Å². The maximum Gasteiger partial charge on any atom is 0.321 e. The lowest BCUT2D eigenvalue weighted by atomic mass is 10.1. The molecule has 1 N–H and O–H groups in total. The summed E-state index contributed by atoms with van der Waals surface area (Å²) in [7, 11) is 0. The van der Waals surface area contributed by atoms with Crippen molar-refractivity contribution < 1.29 is 18.7 Å². The van der Waals surface area contributed by atoms with Crippen molar-refractivity contribution in [1.82, 2.24) is 10.2 Å². The molecule has 134 valence electrons. The van der Waals surface area contributed by atoms with E-state index in [4.69, 9.17) is 4.74 Å². The Morgan fingerprint density at radius 1 is 1.15 bits per heavy atom. The zero-order chi connectivity index (χ0) is 18.1. The summed E-state index contributed by atoms with van der Waals surface area (Å²) in [6.45, 7) is 1.99. The molecule has 0 atom stereocenters. The summed E-state index contributed by atoms with van der Waals surface area (Å²) >= 11 is 0. The number of carbonyl (C=O) groups is 2. The van der Waals surface area contributed by atoms with Crippen LogP contribution in [0.3, 0.4) is 0 Å². The molecule has 2 fully saturated rings. The summed E-state index contributed by atoms with van der Waals surface area (Å²) in [5.74, 6) is -0.333. The number of benzene rings is 2. The minimum atomic E-state index is -0.408. The number of rotatable bonds is 4. The Morgan fingerprint density at radius 2 is 1.96 bits per heavy atom. The molecule has 7 heteroatoms. The van der Waals surface area contributed by atoms with Crippen LogP contribution in [0.25, 0.3) is 0 Å². The van der Waals surface area contributed by atoms with Crippen molar-refractivity contribution in [3.8, 4) is 5.75 Å². The second-order valence-electron chi connectivity index (χ2n) is 6.31. The SMILES string of the molecule is O=C(c1cccc(N2CCNC2=O)c1)N1CC(Oc2ccccc2F)C1. The molecule has 2 aliphatic rings. The lowest BCUT2D eigenvalue weighted by Crippen LogP contribution is -2.56. The third-order valence-corrected chi connectivity index (χ3v) is 4.53. The van der Waals surface area contributed by atoms with Gasteiger partial charge < -0.3 is 15.0 Å². The number of para-hydroxylation sites is 1. The summed E-state index contributed by atoms with van der Waals surface area (Å²) in [5.41, 5.74) is 1.22. The van der Waals surface area contributed by atoms with Gasteiger partial charge in [0.2, 0.25) is 0 Å². The Morgan fingerprint density at radius 3 is 2.69 bits per heavy atom. The number of likely N-dealkylation sites (tertiary alicyclic amines) is 1. The van der Waals surface area contributed by atoms with Gasteiger partial charge in [-0.25, -0.2) is 9.18 Å². The van der Waals surface area contributed by atoms with Crippen LogP contribution in [-0.4, -0.2) is 49.1 Å². The lowest BCUT2D eigenvalue weighted by Gasteiger charge is -2.39. The fraction of sp³-hybridized carbons (Fsp3) is 0.263. The van der Waals surface area contributed by atoms with Gasteiger partial charge in [0.05, 0.1) is 13.1 Å². The Labute approximate surface area is 150 Å². The molecule has 0 aromatic heterocycles. The van der Waals surface area contributed by atoms with E-state index in [1.54, 1.807) is 46.2 Å². The number of ether oxygens (including phenoxy) is 1. The summed E-state index contributed by atoms with van der Waals surface area (Å²) in [4.78, 5) is 27.6. The molecule has 0 saturated carbocycles. The zero-order valence-electron chi connectivity index (χ0n) is 14.0. The number of amides is 3. The highest BCUT2D eigenvalue weighted by Gasteiger charge is 2.33. The number of urea groups is 1. The van der Waals surface area contributed by atoms with Gasteiger partial charge in [-0.2, -0.15) is 0 Å². The minimum Gasteiger partial charge on any atom is -0.484 e. The third kappa shape index (κ3) is 3.08. The monoisotopic (exact) mass is 355 g/mol. The van der Waals surface area contributed by atoms with E-state index >= 15 is 0 Å². The number of anilines is 1. The van der Waals surface area contributed by atoms with Crippen molar-refractivity contribution in [3.05, 3.63) is 59.9 Å². The van der Waals surface area contributed by atoms with Crippen LogP contribution in [0.4, 0.5) is 14.9 Å². The van der Waals surface area contributed by atoms with Gasteiger partial charge in [0.1, 0.15) is 6.10 Å². The Kier molecular flexibility index (Phi) is 4.20. The molecule has 2 aliphatic heterocycles. The second kappa shape index (κ2) is 6.67. The molecule has 2 aromatic rings. The topological polar surface area (TPSA) is 61.9 Å². The first-order valence-corrected chi connectivity index (χ1v) is 8.48. The molecule has 6 nitrogen and oxygen atoms in total. The number of carbonyl (C=O) groups excluding carboxylic acids is 2. The van der Waals surface area contributed by atoms with E-state index in [2.05, 4.69) is 5.32 Å². The molecular formula is C19H18FN3O3. The Hall–Kier alpha value is -3.09. The van der Waals surface area contributed by atoms with Gasteiger partial charge in [-0.15, -0.1) is 0 Å². The van der Waals surface area contributed by atoms with Crippen molar-refractivity contribution in [2.75, 3.05) is 31.1 Å². The number of nitrogens with zero attached hydrogens (tertiary/aromatic N) is 2. The lowest BCUT2D eigenvalue weighted by molar-refractivity contribution is 0.0164. The standard InChI is InChI=1S/C19H18FN3O3/c20-16-6-1-2-7-17(16)26-15-11-22(12-15)18(24)13-4-3-5-14(10-13)23-9-8-21-19(23)25/h1-7,10,15H,8-9,11-12H2,(H,21,25). The van der Waals surface area contributed by atoms with E-state index in [0.29, 0.717) is 37.4 Å². The third-order valence-electron chi connectivity index (χ3n) is 4.53. The number of hydrogen-bond acceptors (Lipinski definition) is 3. The van der Waals surface area contributed by atoms with Crippen molar-refractivity contribution in [2.45, 2.75) is 6.10 Å². The van der Waals surface area contributed by atoms with Gasteiger partial charge in [-0.3, -0.25) is 9.69 Å². The van der Waals surface area contributed by atoms with Crippen molar-refractivity contribution in [1.29, 1.82) is 0 Å². The van der Waals surface area contributed by atoms with E-state index in [1.165, 1.54) is 6.07 Å². The average Bonchev–Trinajstić information content (AvgIpc) is 3.05. The number of nitrogens with one attached hydrogen (secondary N) is 1. The Bertz CT molecular complexity index is 851. The summed E-state index contributed by atoms with van der Waals surface area (Å²) in [6.07, 6.45) is -0.219. The van der Waals surface area contributed by atoms with E-state index in [1.807, 2.05) is 6.07 Å². The molecule has 2 saturated heterocycles. The molecular weight excluding hydrogens is 337 g/mol. The van der Waals surface area contributed by atoms with Crippen LogP contribution in [0.2, 0.25) is 0 Å². The van der Waals surface area contributed by atoms with Gasteiger partial charge in [0.25, 0.3) is 5.91 Å². The van der Waals surface area contributed by atoms with Gasteiger partial charge in [0.15, 0.2) is 11.6 Å². The van der Waals surface area contributed by atoms with Gasteiger partial charge in [0, 0.05) is 24.3 Å². The molecule has 2 aromatic carbocycles. The van der Waals surface area contributed by atoms with Crippen LogP contribution < -0.4 is 15.0 Å². The van der Waals surface area contributed by atoms with Crippen molar-refractivity contribution in [3.63, 3.8) is 0 Å². The fourth-order valence-corrected chi connectivity index (χ4v) is 3.11. The molecule has 0 spiro atoms. The summed E-state index contributed by atoms with van der Waals surface area (Å²) in [5, 5.41) is 2.74. The van der Waals surface area contributed by atoms with Crippen LogP contribution in [0.1, 0.15) is 10.4 Å². The first-order chi connectivity index (χ1) is 12.6. The molecule has 2 heterocycles.